The molecular weight excluding hydrogens is 297 g/mol. The summed E-state index contributed by atoms with van der Waals surface area (Å²) in [5.74, 6) is 0. The quantitative estimate of drug-likeness (QED) is 0.876. The van der Waals surface area contributed by atoms with Crippen molar-refractivity contribution in [1.29, 1.82) is 0 Å². The van der Waals surface area contributed by atoms with E-state index in [1.807, 2.05) is 0 Å². The van der Waals surface area contributed by atoms with Crippen LogP contribution in [-0.2, 0) is 12.6 Å². The molecule has 1 aromatic heterocycles. The van der Waals surface area contributed by atoms with Gasteiger partial charge in [0.1, 0.15) is 5.69 Å². The van der Waals surface area contributed by atoms with Crippen molar-refractivity contribution in [2.75, 3.05) is 6.54 Å². The number of alkyl halides is 3. The van der Waals surface area contributed by atoms with E-state index in [1.54, 1.807) is 18.2 Å². The van der Waals surface area contributed by atoms with Gasteiger partial charge in [-0.25, -0.2) is 0 Å². The molecule has 2 rings (SSSR count). The molecule has 1 aromatic carbocycles. The Morgan fingerprint density at radius 3 is 2.59 bits per heavy atom. The molecule has 1 heterocycles. The van der Waals surface area contributed by atoms with Gasteiger partial charge in [0, 0.05) is 15.4 Å². The zero-order valence-corrected chi connectivity index (χ0v) is 10.3. The smallest absolute Gasteiger partial charge is 0.351 e. The van der Waals surface area contributed by atoms with Crippen LogP contribution in [0.1, 0.15) is 11.3 Å². The highest BCUT2D eigenvalue weighted by molar-refractivity contribution is 9.10. The molecule has 0 amide bonds. The van der Waals surface area contributed by atoms with Crippen LogP contribution in [0.3, 0.4) is 0 Å². The van der Waals surface area contributed by atoms with Crippen molar-refractivity contribution in [2.45, 2.75) is 12.6 Å². The summed E-state index contributed by atoms with van der Waals surface area (Å²) in [6, 6.07) is 5.01. The molecule has 0 bridgehead atoms. The summed E-state index contributed by atoms with van der Waals surface area (Å²) in [7, 11) is 0. The molecule has 0 spiro atoms. The fraction of sp³-hybridized carbons (Fsp3) is 0.273. The van der Waals surface area contributed by atoms with E-state index in [2.05, 4.69) is 20.9 Å². The van der Waals surface area contributed by atoms with Gasteiger partial charge in [-0.1, -0.05) is 22.0 Å². The molecule has 0 aliphatic heterocycles. The fourth-order valence-corrected chi connectivity index (χ4v) is 2.23. The summed E-state index contributed by atoms with van der Waals surface area (Å²) < 4.78 is 39.2. The number of H-pyrrole nitrogens is 1. The number of aromatic nitrogens is 1. The molecule has 2 nitrogen and oxygen atoms in total. The van der Waals surface area contributed by atoms with Crippen molar-refractivity contribution in [3.05, 3.63) is 33.9 Å². The number of nitrogens with one attached hydrogen (secondary N) is 1. The summed E-state index contributed by atoms with van der Waals surface area (Å²) in [5.41, 5.74) is 5.37. The van der Waals surface area contributed by atoms with Crippen LogP contribution in [0.15, 0.2) is 22.7 Å². The minimum atomic E-state index is -4.38. The molecule has 0 aliphatic carbocycles. The Morgan fingerprint density at radius 1 is 1.29 bits per heavy atom. The van der Waals surface area contributed by atoms with Crippen LogP contribution < -0.4 is 5.73 Å². The highest BCUT2D eigenvalue weighted by Crippen LogP contribution is 2.36. The van der Waals surface area contributed by atoms with Gasteiger partial charge >= 0.3 is 6.18 Å². The average Bonchev–Trinajstić information content (AvgIpc) is 2.56. The molecule has 17 heavy (non-hydrogen) atoms. The predicted octanol–water partition coefficient (Wildman–Crippen LogP) is 3.45. The average molecular weight is 307 g/mol. The van der Waals surface area contributed by atoms with E-state index in [9.17, 15) is 13.2 Å². The third-order valence-electron chi connectivity index (χ3n) is 2.55. The number of rotatable bonds is 2. The first-order valence-corrected chi connectivity index (χ1v) is 5.80. The number of hydrogen-bond acceptors (Lipinski definition) is 1. The Morgan fingerprint density at radius 2 is 2.00 bits per heavy atom. The summed E-state index contributed by atoms with van der Waals surface area (Å²) in [6.45, 7) is 0.187. The molecule has 2 aromatic rings. The second-order valence-electron chi connectivity index (χ2n) is 3.70. The molecule has 0 unspecified atom stereocenters. The molecule has 6 heteroatoms. The van der Waals surface area contributed by atoms with Crippen molar-refractivity contribution in [1.82, 2.24) is 4.98 Å². The van der Waals surface area contributed by atoms with Gasteiger partial charge in [0.2, 0.25) is 0 Å². The van der Waals surface area contributed by atoms with Crippen LogP contribution in [0, 0.1) is 0 Å². The lowest BCUT2D eigenvalue weighted by Gasteiger charge is -2.07. The number of fused-ring (bicyclic) bond motifs is 1. The Labute approximate surface area is 104 Å². The van der Waals surface area contributed by atoms with E-state index in [0.29, 0.717) is 10.9 Å². The maximum absolute atomic E-state index is 12.8. The van der Waals surface area contributed by atoms with Crippen LogP contribution >= 0.6 is 15.9 Å². The first-order chi connectivity index (χ1) is 7.93. The van der Waals surface area contributed by atoms with Crippen molar-refractivity contribution in [3.8, 4) is 0 Å². The number of benzene rings is 1. The van der Waals surface area contributed by atoms with Gasteiger partial charge < -0.3 is 10.7 Å². The normalized spacial score (nSPS) is 12.3. The third-order valence-corrected chi connectivity index (χ3v) is 3.04. The molecule has 0 saturated carbocycles. The van der Waals surface area contributed by atoms with Crippen molar-refractivity contribution >= 4 is 26.8 Å². The summed E-state index contributed by atoms with van der Waals surface area (Å²) in [4.78, 5) is 2.42. The van der Waals surface area contributed by atoms with Crippen molar-refractivity contribution < 1.29 is 13.2 Å². The van der Waals surface area contributed by atoms with Gasteiger partial charge in [0.05, 0.1) is 0 Å². The minimum absolute atomic E-state index is 0.187. The molecule has 0 atom stereocenters. The van der Waals surface area contributed by atoms with Crippen LogP contribution in [0.4, 0.5) is 13.2 Å². The van der Waals surface area contributed by atoms with Gasteiger partial charge in [-0.15, -0.1) is 0 Å². The monoisotopic (exact) mass is 306 g/mol. The first-order valence-electron chi connectivity index (χ1n) is 5.01. The molecule has 3 N–H and O–H groups in total. The fourth-order valence-electron chi connectivity index (χ4n) is 1.87. The summed E-state index contributed by atoms with van der Waals surface area (Å²) in [6.07, 6.45) is -4.17. The number of hydrogen-bond donors (Lipinski definition) is 2. The Bertz CT molecular complexity index is 545. The zero-order chi connectivity index (χ0) is 12.6. The lowest BCUT2D eigenvalue weighted by atomic mass is 10.1. The lowest BCUT2D eigenvalue weighted by molar-refractivity contribution is -0.141. The van der Waals surface area contributed by atoms with Gasteiger partial charge in [-0.3, -0.25) is 0 Å². The standard InChI is InChI=1S/C11H10BrF3N2/c12-6-1-2-7-8(3-4-16)10(11(13,14)15)17-9(7)5-6/h1-2,5,17H,3-4,16H2. The van der Waals surface area contributed by atoms with E-state index < -0.39 is 11.9 Å². The second-order valence-corrected chi connectivity index (χ2v) is 4.62. The van der Waals surface area contributed by atoms with E-state index >= 15 is 0 Å². The van der Waals surface area contributed by atoms with Crippen LogP contribution in [0.25, 0.3) is 10.9 Å². The minimum Gasteiger partial charge on any atom is -0.351 e. The number of halogens is 4. The Hall–Kier alpha value is -1.01. The molecule has 0 fully saturated rings. The van der Waals surface area contributed by atoms with Gasteiger partial charge in [-0.2, -0.15) is 13.2 Å². The van der Waals surface area contributed by atoms with Crippen molar-refractivity contribution in [2.24, 2.45) is 5.73 Å². The SMILES string of the molecule is NCCc1c(C(F)(F)F)[nH]c2cc(Br)ccc12. The number of nitrogens with two attached hydrogens (primary N) is 1. The predicted molar refractivity (Wildman–Crippen MR) is 63.8 cm³/mol. The van der Waals surface area contributed by atoms with Gasteiger partial charge in [0.15, 0.2) is 0 Å². The maximum Gasteiger partial charge on any atom is 0.431 e. The highest BCUT2D eigenvalue weighted by Gasteiger charge is 2.35. The Kier molecular flexibility index (Phi) is 3.18. The molecular formula is C11H10BrF3N2. The number of aromatic amines is 1. The van der Waals surface area contributed by atoms with Crippen LogP contribution in [-0.4, -0.2) is 11.5 Å². The highest BCUT2D eigenvalue weighted by atomic mass is 79.9. The summed E-state index contributed by atoms with van der Waals surface area (Å²) in [5, 5.41) is 0.575. The van der Waals surface area contributed by atoms with Crippen LogP contribution in [0.2, 0.25) is 0 Å². The molecule has 0 radical (unpaired) electrons. The van der Waals surface area contributed by atoms with E-state index in [1.165, 1.54) is 0 Å². The van der Waals surface area contributed by atoms with Gasteiger partial charge in [0.25, 0.3) is 0 Å². The summed E-state index contributed by atoms with van der Waals surface area (Å²) >= 11 is 3.23. The first kappa shape index (κ1) is 12.4. The second kappa shape index (κ2) is 4.34. The third kappa shape index (κ3) is 2.32. The van der Waals surface area contributed by atoms with Crippen LogP contribution in [0.5, 0.6) is 0 Å². The van der Waals surface area contributed by atoms with E-state index in [0.717, 1.165) is 4.47 Å². The topological polar surface area (TPSA) is 41.8 Å². The molecule has 0 saturated heterocycles. The lowest BCUT2D eigenvalue weighted by Crippen LogP contribution is -2.11. The Balaban J connectivity index is 2.70. The van der Waals surface area contributed by atoms with Crippen molar-refractivity contribution in [3.63, 3.8) is 0 Å². The van der Waals surface area contributed by atoms with E-state index in [-0.39, 0.29) is 18.5 Å². The maximum atomic E-state index is 12.8. The van der Waals surface area contributed by atoms with E-state index in [4.69, 9.17) is 5.73 Å². The molecule has 92 valence electrons. The molecule has 0 aliphatic rings. The zero-order valence-electron chi connectivity index (χ0n) is 8.74. The van der Waals surface area contributed by atoms with Gasteiger partial charge in [-0.05, 0) is 30.7 Å². The largest absolute Gasteiger partial charge is 0.431 e.